The maximum absolute atomic E-state index is 12.2. The number of ether oxygens (including phenoxy) is 1. The molecule has 1 aliphatic rings. The molecule has 2 atom stereocenters. The van der Waals surface area contributed by atoms with E-state index in [0.29, 0.717) is 6.54 Å². The highest BCUT2D eigenvalue weighted by Crippen LogP contribution is 2.28. The van der Waals surface area contributed by atoms with Crippen LogP contribution >= 0.6 is 0 Å². The highest BCUT2D eigenvalue weighted by atomic mass is 16.5. The first kappa shape index (κ1) is 14.5. The predicted octanol–water partition coefficient (Wildman–Crippen LogP) is 1.11. The summed E-state index contributed by atoms with van der Waals surface area (Å²) in [6, 6.07) is 9.12. The lowest BCUT2D eigenvalue weighted by molar-refractivity contribution is -0.162. The molecule has 0 bridgehead atoms. The average molecular weight is 276 g/mol. The molecule has 1 heterocycles. The molecule has 0 aliphatic carbocycles. The van der Waals surface area contributed by atoms with Crippen LogP contribution in [0.25, 0.3) is 0 Å². The van der Waals surface area contributed by atoms with Gasteiger partial charge in [0.15, 0.2) is 6.10 Å². The van der Waals surface area contributed by atoms with Crippen LogP contribution in [0.5, 0.6) is 0 Å². The molecule has 5 heteroatoms. The normalized spacial score (nSPS) is 22.7. The molecule has 0 aromatic heterocycles. The lowest BCUT2D eigenvalue weighted by Gasteiger charge is -2.38. The van der Waals surface area contributed by atoms with Crippen LogP contribution in [0.4, 0.5) is 0 Å². The largest absolute Gasteiger partial charge is 0.356 e. The Morgan fingerprint density at radius 2 is 2.10 bits per heavy atom. The summed E-state index contributed by atoms with van der Waals surface area (Å²) in [6.07, 6.45) is 0.204. The fourth-order valence-corrected chi connectivity index (χ4v) is 2.33. The number of hydrogen-bond acceptors (Lipinski definition) is 3. The van der Waals surface area contributed by atoms with Gasteiger partial charge in [-0.3, -0.25) is 9.59 Å². The molecule has 20 heavy (non-hydrogen) atoms. The number of carbonyl (C=O) groups excluding carboxylic acids is 2. The smallest absolute Gasteiger partial charge is 0.251 e. The minimum absolute atomic E-state index is 0.0515. The molecule has 1 N–H and O–H groups in total. The number of benzene rings is 1. The fraction of sp³-hybridized carbons (Fsp3) is 0.467. The summed E-state index contributed by atoms with van der Waals surface area (Å²) in [5.41, 5.74) is 0.902. The van der Waals surface area contributed by atoms with Gasteiger partial charge in [0.1, 0.15) is 6.61 Å². The average Bonchev–Trinajstić information content (AvgIpc) is 2.48. The van der Waals surface area contributed by atoms with E-state index in [1.807, 2.05) is 37.3 Å². The molecule has 1 aromatic carbocycles. The number of morpholine rings is 1. The van der Waals surface area contributed by atoms with Gasteiger partial charge in [0.25, 0.3) is 5.91 Å². The molecule has 0 saturated carbocycles. The van der Waals surface area contributed by atoms with Crippen molar-refractivity contribution in [3.63, 3.8) is 0 Å². The standard InChI is InChI=1S/C15H20N2O3/c1-3-9-16-15(19)14-13(11-7-5-4-6-8-11)17(2)12(18)10-20-14/h4-8,13-14H,3,9-10H2,1-2H3,(H,16,19). The summed E-state index contributed by atoms with van der Waals surface area (Å²) in [4.78, 5) is 25.6. The minimum Gasteiger partial charge on any atom is -0.356 e. The van der Waals surface area contributed by atoms with Crippen molar-refractivity contribution in [3.8, 4) is 0 Å². The van der Waals surface area contributed by atoms with Gasteiger partial charge in [-0.25, -0.2) is 0 Å². The van der Waals surface area contributed by atoms with Crippen LogP contribution in [0.3, 0.4) is 0 Å². The van der Waals surface area contributed by atoms with Crippen LogP contribution < -0.4 is 5.32 Å². The Morgan fingerprint density at radius 3 is 2.75 bits per heavy atom. The van der Waals surface area contributed by atoms with E-state index < -0.39 is 6.10 Å². The van der Waals surface area contributed by atoms with Gasteiger partial charge < -0.3 is 15.0 Å². The van der Waals surface area contributed by atoms with E-state index in [1.54, 1.807) is 11.9 Å². The quantitative estimate of drug-likeness (QED) is 0.896. The molecule has 5 nitrogen and oxygen atoms in total. The van der Waals surface area contributed by atoms with Gasteiger partial charge in [0.05, 0.1) is 6.04 Å². The fourth-order valence-electron chi connectivity index (χ4n) is 2.33. The van der Waals surface area contributed by atoms with Crippen molar-refractivity contribution in [2.75, 3.05) is 20.2 Å². The van der Waals surface area contributed by atoms with Gasteiger partial charge in [-0.2, -0.15) is 0 Å². The predicted molar refractivity (Wildman–Crippen MR) is 75.0 cm³/mol. The highest BCUT2D eigenvalue weighted by molar-refractivity contribution is 5.86. The monoisotopic (exact) mass is 276 g/mol. The summed E-state index contributed by atoms with van der Waals surface area (Å²) < 4.78 is 5.48. The zero-order valence-electron chi connectivity index (χ0n) is 11.8. The number of hydrogen-bond donors (Lipinski definition) is 1. The zero-order chi connectivity index (χ0) is 14.5. The lowest BCUT2D eigenvalue weighted by atomic mass is 9.97. The Morgan fingerprint density at radius 1 is 1.40 bits per heavy atom. The third-order valence-corrected chi connectivity index (χ3v) is 3.43. The van der Waals surface area contributed by atoms with Gasteiger partial charge >= 0.3 is 0 Å². The number of nitrogens with zero attached hydrogens (tertiary/aromatic N) is 1. The van der Waals surface area contributed by atoms with Crippen LogP contribution in [-0.2, 0) is 14.3 Å². The van der Waals surface area contributed by atoms with E-state index in [0.717, 1.165) is 12.0 Å². The molecule has 1 saturated heterocycles. The molecule has 0 radical (unpaired) electrons. The Hall–Kier alpha value is -1.88. The summed E-state index contributed by atoms with van der Waals surface area (Å²) in [7, 11) is 1.71. The Balaban J connectivity index is 2.24. The lowest BCUT2D eigenvalue weighted by Crippen LogP contribution is -2.53. The van der Waals surface area contributed by atoms with Crippen LogP contribution in [-0.4, -0.2) is 43.0 Å². The molecule has 108 valence electrons. The second-order valence-corrected chi connectivity index (χ2v) is 4.88. The molecule has 2 unspecified atom stereocenters. The van der Waals surface area contributed by atoms with Gasteiger partial charge in [0.2, 0.25) is 5.91 Å². The summed E-state index contributed by atoms with van der Waals surface area (Å²) in [5, 5.41) is 2.84. The summed E-state index contributed by atoms with van der Waals surface area (Å²) >= 11 is 0. The maximum atomic E-state index is 12.2. The van der Waals surface area contributed by atoms with Crippen molar-refractivity contribution in [2.45, 2.75) is 25.5 Å². The van der Waals surface area contributed by atoms with E-state index in [4.69, 9.17) is 4.74 Å². The second-order valence-electron chi connectivity index (χ2n) is 4.88. The SMILES string of the molecule is CCCNC(=O)C1OCC(=O)N(C)C1c1ccccc1. The van der Waals surface area contributed by atoms with Gasteiger partial charge in [-0.05, 0) is 12.0 Å². The van der Waals surface area contributed by atoms with Crippen molar-refractivity contribution in [1.82, 2.24) is 10.2 Å². The molecular formula is C15H20N2O3. The Labute approximate surface area is 118 Å². The number of carbonyl (C=O) groups is 2. The zero-order valence-corrected chi connectivity index (χ0v) is 11.8. The first-order valence-electron chi connectivity index (χ1n) is 6.85. The molecular weight excluding hydrogens is 256 g/mol. The van der Waals surface area contributed by atoms with Crippen molar-refractivity contribution < 1.29 is 14.3 Å². The molecule has 2 rings (SSSR count). The van der Waals surface area contributed by atoms with E-state index >= 15 is 0 Å². The molecule has 1 aromatic rings. The number of nitrogens with one attached hydrogen (secondary N) is 1. The van der Waals surface area contributed by atoms with Crippen molar-refractivity contribution in [1.29, 1.82) is 0 Å². The van der Waals surface area contributed by atoms with E-state index in [1.165, 1.54) is 0 Å². The second kappa shape index (κ2) is 6.52. The van der Waals surface area contributed by atoms with Crippen molar-refractivity contribution in [3.05, 3.63) is 35.9 Å². The van der Waals surface area contributed by atoms with Gasteiger partial charge in [-0.15, -0.1) is 0 Å². The summed E-state index contributed by atoms with van der Waals surface area (Å²) in [6.45, 7) is 2.55. The third-order valence-electron chi connectivity index (χ3n) is 3.43. The molecule has 0 spiro atoms. The number of likely N-dealkylation sites (N-methyl/N-ethyl adjacent to an activating group) is 1. The van der Waals surface area contributed by atoms with Gasteiger partial charge in [0, 0.05) is 13.6 Å². The van der Waals surface area contributed by atoms with Crippen LogP contribution in [0, 0.1) is 0 Å². The summed E-state index contributed by atoms with van der Waals surface area (Å²) in [5.74, 6) is -0.279. The van der Waals surface area contributed by atoms with Crippen LogP contribution in [0.2, 0.25) is 0 Å². The number of rotatable bonds is 4. The van der Waals surface area contributed by atoms with Gasteiger partial charge in [-0.1, -0.05) is 37.3 Å². The first-order valence-corrected chi connectivity index (χ1v) is 6.85. The maximum Gasteiger partial charge on any atom is 0.251 e. The van der Waals surface area contributed by atoms with E-state index in [9.17, 15) is 9.59 Å². The van der Waals surface area contributed by atoms with Crippen LogP contribution in [0.15, 0.2) is 30.3 Å². The molecule has 1 aliphatic heterocycles. The van der Waals surface area contributed by atoms with E-state index in [2.05, 4.69) is 5.32 Å². The Kier molecular flexibility index (Phi) is 4.74. The number of amides is 2. The first-order chi connectivity index (χ1) is 9.65. The van der Waals surface area contributed by atoms with Crippen molar-refractivity contribution >= 4 is 11.8 Å². The molecule has 1 fully saturated rings. The van der Waals surface area contributed by atoms with Crippen molar-refractivity contribution in [2.24, 2.45) is 0 Å². The molecule has 2 amide bonds. The highest BCUT2D eigenvalue weighted by Gasteiger charge is 2.39. The minimum atomic E-state index is -0.661. The third kappa shape index (κ3) is 2.99. The topological polar surface area (TPSA) is 58.6 Å². The Bertz CT molecular complexity index is 475. The van der Waals surface area contributed by atoms with Crippen LogP contribution in [0.1, 0.15) is 24.9 Å². The van der Waals surface area contributed by atoms with E-state index in [-0.39, 0.29) is 24.5 Å².